The predicted octanol–water partition coefficient (Wildman–Crippen LogP) is 0.463. The van der Waals surface area contributed by atoms with Gasteiger partial charge in [-0.15, -0.1) is 0 Å². The second-order valence-corrected chi connectivity index (χ2v) is 3.32. The summed E-state index contributed by atoms with van der Waals surface area (Å²) in [5.41, 5.74) is 0. The van der Waals surface area contributed by atoms with E-state index in [1.165, 1.54) is 6.61 Å². The molecule has 0 aromatic carbocycles. The van der Waals surface area contributed by atoms with Crippen LogP contribution >= 0.6 is 0 Å². The molecule has 0 saturated carbocycles. The largest absolute Gasteiger partial charge is 0.376 e. The summed E-state index contributed by atoms with van der Waals surface area (Å²) in [4.78, 5) is 0. The van der Waals surface area contributed by atoms with Gasteiger partial charge in [0.25, 0.3) is 10.1 Å². The molecule has 0 aliphatic carbocycles. The Bertz CT molecular complexity index is 160. The molecule has 0 aromatic heterocycles. The molecule has 4 nitrogen and oxygen atoms in total. The molecule has 0 bridgehead atoms. The maximum Gasteiger partial charge on any atom is 0.264 e. The van der Waals surface area contributed by atoms with E-state index >= 15 is 0 Å². The number of hydrogen-bond acceptors (Lipinski definition) is 3. The van der Waals surface area contributed by atoms with Crippen LogP contribution in [0.5, 0.6) is 0 Å². The van der Waals surface area contributed by atoms with E-state index in [9.17, 15) is 8.42 Å². The zero-order valence-corrected chi connectivity index (χ0v) is 6.60. The van der Waals surface area contributed by atoms with Gasteiger partial charge in [-0.3, -0.25) is 4.55 Å². The maximum atomic E-state index is 10.1. The lowest BCUT2D eigenvalue weighted by Gasteiger charge is -1.97. The molecule has 1 N–H and O–H groups in total. The highest BCUT2D eigenvalue weighted by atomic mass is 32.2. The normalized spacial score (nSPS) is 11.8. The summed E-state index contributed by atoms with van der Waals surface area (Å²) in [6.45, 7) is 3.51. The van der Waals surface area contributed by atoms with Crippen molar-refractivity contribution in [2.24, 2.45) is 0 Å². The highest BCUT2D eigenvalue weighted by Gasteiger charge is 2.02. The molecular weight excluding hydrogens is 156 g/mol. The monoisotopic (exact) mass is 167 g/mol. The SMILES string of the molecule is C[CH]OCCCS(=O)(=O)O. The second kappa shape index (κ2) is 4.65. The van der Waals surface area contributed by atoms with Crippen LogP contribution in [0.3, 0.4) is 0 Å². The van der Waals surface area contributed by atoms with Crippen LogP contribution in [0.1, 0.15) is 13.3 Å². The molecule has 0 atom stereocenters. The smallest absolute Gasteiger partial charge is 0.264 e. The molecule has 0 saturated heterocycles. The molecule has 0 rings (SSSR count). The van der Waals surface area contributed by atoms with Gasteiger partial charge >= 0.3 is 0 Å². The minimum Gasteiger partial charge on any atom is -0.376 e. The van der Waals surface area contributed by atoms with Crippen LogP contribution in [-0.4, -0.2) is 25.3 Å². The summed E-state index contributed by atoms with van der Waals surface area (Å²) in [5, 5.41) is 0. The van der Waals surface area contributed by atoms with Crippen LogP contribution in [0.2, 0.25) is 0 Å². The van der Waals surface area contributed by atoms with Crippen molar-refractivity contribution in [1.82, 2.24) is 0 Å². The standard InChI is InChI=1S/C5H11O4S/c1-2-9-4-3-5-10(6,7)8/h2H,3-5H2,1H3,(H,6,7,8). The average Bonchev–Trinajstić information content (AvgIpc) is 1.78. The molecule has 5 heteroatoms. The van der Waals surface area contributed by atoms with E-state index < -0.39 is 10.1 Å². The zero-order valence-electron chi connectivity index (χ0n) is 5.78. The predicted molar refractivity (Wildman–Crippen MR) is 37.0 cm³/mol. The van der Waals surface area contributed by atoms with Gasteiger partial charge in [-0.2, -0.15) is 8.42 Å². The van der Waals surface area contributed by atoms with Gasteiger partial charge in [-0.1, -0.05) is 0 Å². The highest BCUT2D eigenvalue weighted by molar-refractivity contribution is 7.85. The Morgan fingerprint density at radius 1 is 1.60 bits per heavy atom. The summed E-state index contributed by atoms with van der Waals surface area (Å²) in [7, 11) is -3.80. The van der Waals surface area contributed by atoms with Crippen molar-refractivity contribution >= 4 is 10.1 Å². The van der Waals surface area contributed by atoms with Gasteiger partial charge in [-0.25, -0.2) is 0 Å². The second-order valence-electron chi connectivity index (χ2n) is 1.75. The Morgan fingerprint density at radius 2 is 2.20 bits per heavy atom. The van der Waals surface area contributed by atoms with Crippen LogP contribution in [0, 0.1) is 6.61 Å². The molecule has 0 aliphatic heterocycles. The molecule has 10 heavy (non-hydrogen) atoms. The van der Waals surface area contributed by atoms with E-state index in [0.29, 0.717) is 13.0 Å². The van der Waals surface area contributed by atoms with Crippen LogP contribution in [0.4, 0.5) is 0 Å². The highest BCUT2D eigenvalue weighted by Crippen LogP contribution is 1.90. The third-order valence-electron chi connectivity index (χ3n) is 0.831. The summed E-state index contributed by atoms with van der Waals surface area (Å²) in [5.74, 6) is -0.235. The molecule has 0 aliphatic rings. The summed E-state index contributed by atoms with van der Waals surface area (Å²) in [6.07, 6.45) is 0.323. The van der Waals surface area contributed by atoms with Gasteiger partial charge in [0, 0.05) is 6.61 Å². The van der Waals surface area contributed by atoms with Crippen LogP contribution in [-0.2, 0) is 14.9 Å². The zero-order chi connectivity index (χ0) is 8.04. The molecule has 0 aromatic rings. The quantitative estimate of drug-likeness (QED) is 0.477. The van der Waals surface area contributed by atoms with Crippen LogP contribution < -0.4 is 0 Å². The van der Waals surface area contributed by atoms with Crippen molar-refractivity contribution < 1.29 is 17.7 Å². The van der Waals surface area contributed by atoms with Crippen molar-refractivity contribution in [3.05, 3.63) is 6.61 Å². The van der Waals surface area contributed by atoms with Gasteiger partial charge in [0.2, 0.25) is 0 Å². The summed E-state index contributed by atoms with van der Waals surface area (Å²) < 4.78 is 33.1. The molecule has 0 amide bonds. The van der Waals surface area contributed by atoms with E-state index in [2.05, 4.69) is 0 Å². The van der Waals surface area contributed by atoms with Crippen molar-refractivity contribution in [2.45, 2.75) is 13.3 Å². The first-order chi connectivity index (χ1) is 4.56. The molecule has 0 spiro atoms. The molecule has 0 unspecified atom stereocenters. The fraction of sp³-hybridized carbons (Fsp3) is 0.800. The molecule has 0 heterocycles. The minimum absolute atomic E-state index is 0.235. The maximum absolute atomic E-state index is 10.1. The first-order valence-corrected chi connectivity index (χ1v) is 4.52. The van der Waals surface area contributed by atoms with Crippen molar-refractivity contribution in [2.75, 3.05) is 12.4 Å². The van der Waals surface area contributed by atoms with Gasteiger partial charge in [0.05, 0.1) is 12.4 Å². The minimum atomic E-state index is -3.80. The lowest BCUT2D eigenvalue weighted by Crippen LogP contribution is -2.06. The van der Waals surface area contributed by atoms with Crippen LogP contribution in [0.25, 0.3) is 0 Å². The van der Waals surface area contributed by atoms with E-state index in [-0.39, 0.29) is 5.75 Å². The number of hydrogen-bond donors (Lipinski definition) is 1. The lowest BCUT2D eigenvalue weighted by molar-refractivity contribution is 0.204. The van der Waals surface area contributed by atoms with E-state index in [1.54, 1.807) is 6.92 Å². The number of ether oxygens (including phenoxy) is 1. The first-order valence-electron chi connectivity index (χ1n) is 2.91. The first kappa shape index (κ1) is 9.87. The topological polar surface area (TPSA) is 63.6 Å². The summed E-state index contributed by atoms with van der Waals surface area (Å²) in [6, 6.07) is 0. The average molecular weight is 167 g/mol. The summed E-state index contributed by atoms with van der Waals surface area (Å²) >= 11 is 0. The molecule has 61 valence electrons. The van der Waals surface area contributed by atoms with E-state index in [0.717, 1.165) is 0 Å². The molecule has 1 radical (unpaired) electrons. The Kier molecular flexibility index (Phi) is 4.59. The van der Waals surface area contributed by atoms with Gasteiger partial charge in [-0.05, 0) is 13.3 Å². The molecule has 0 fully saturated rings. The fourth-order valence-corrected chi connectivity index (χ4v) is 0.925. The lowest BCUT2D eigenvalue weighted by atomic mass is 10.5. The van der Waals surface area contributed by atoms with Crippen molar-refractivity contribution in [3.63, 3.8) is 0 Å². The fourth-order valence-electron chi connectivity index (χ4n) is 0.443. The van der Waals surface area contributed by atoms with E-state index in [4.69, 9.17) is 9.29 Å². The molecular formula is C5H11O4S. The number of rotatable bonds is 5. The van der Waals surface area contributed by atoms with Gasteiger partial charge < -0.3 is 4.74 Å². The Hall–Kier alpha value is -0.130. The van der Waals surface area contributed by atoms with Crippen molar-refractivity contribution in [3.8, 4) is 0 Å². The third-order valence-corrected chi connectivity index (χ3v) is 1.64. The van der Waals surface area contributed by atoms with E-state index in [1.807, 2.05) is 0 Å². The van der Waals surface area contributed by atoms with Crippen molar-refractivity contribution in [1.29, 1.82) is 0 Å². The third kappa shape index (κ3) is 7.87. The van der Waals surface area contributed by atoms with Gasteiger partial charge in [0.15, 0.2) is 0 Å². The van der Waals surface area contributed by atoms with Crippen LogP contribution in [0.15, 0.2) is 0 Å². The Balaban J connectivity index is 3.21. The Morgan fingerprint density at radius 3 is 2.60 bits per heavy atom. The Labute approximate surface area is 60.9 Å². The van der Waals surface area contributed by atoms with Gasteiger partial charge in [0.1, 0.15) is 0 Å².